The number of carbonyl (C=O) groups is 1. The van der Waals surface area contributed by atoms with Crippen LogP contribution in [0.25, 0.3) is 5.52 Å². The Hall–Kier alpha value is -1.68. The Morgan fingerprint density at radius 1 is 1.50 bits per heavy atom. The summed E-state index contributed by atoms with van der Waals surface area (Å²) in [6.07, 6.45) is 1.78. The van der Waals surface area contributed by atoms with E-state index in [0.29, 0.717) is 5.69 Å². The minimum absolute atomic E-state index is 0.0226. The molecule has 0 amide bonds. The van der Waals surface area contributed by atoms with Crippen LogP contribution >= 0.6 is 0 Å². The molecule has 2 N–H and O–H groups in total. The van der Waals surface area contributed by atoms with Crippen molar-refractivity contribution in [2.24, 2.45) is 5.73 Å². The van der Waals surface area contributed by atoms with E-state index in [1.807, 2.05) is 16.5 Å². The Labute approximate surface area is 94.1 Å². The molecule has 0 aliphatic rings. The summed E-state index contributed by atoms with van der Waals surface area (Å²) >= 11 is 0. The lowest BCUT2D eigenvalue weighted by atomic mass is 10.2. The van der Waals surface area contributed by atoms with Crippen LogP contribution in [0.1, 0.15) is 36.1 Å². The third kappa shape index (κ3) is 1.61. The maximum absolute atomic E-state index is 11.7. The number of rotatable bonds is 3. The Morgan fingerprint density at radius 3 is 2.88 bits per heavy atom. The summed E-state index contributed by atoms with van der Waals surface area (Å²) in [5, 5.41) is 0. The number of nitrogens with two attached hydrogens (primary N) is 1. The predicted octanol–water partition coefficient (Wildman–Crippen LogP) is 1.60. The first-order chi connectivity index (χ1) is 7.65. The second-order valence-electron chi connectivity index (χ2n) is 4.07. The zero-order valence-electron chi connectivity index (χ0n) is 9.47. The number of ketones is 1. The minimum atomic E-state index is -0.0644. The van der Waals surface area contributed by atoms with Gasteiger partial charge in [0.1, 0.15) is 5.82 Å². The number of hydrogen-bond donors (Lipinski definition) is 1. The van der Waals surface area contributed by atoms with Crippen LogP contribution in [0.15, 0.2) is 24.4 Å². The van der Waals surface area contributed by atoms with Gasteiger partial charge in [-0.05, 0) is 12.1 Å². The summed E-state index contributed by atoms with van der Waals surface area (Å²) in [7, 11) is 0. The summed E-state index contributed by atoms with van der Waals surface area (Å²) in [6.45, 7) is 4.13. The lowest BCUT2D eigenvalue weighted by Crippen LogP contribution is -2.18. The summed E-state index contributed by atoms with van der Waals surface area (Å²) in [6, 6.07) is 5.58. The lowest BCUT2D eigenvalue weighted by molar-refractivity contribution is 0.0995. The molecule has 84 valence electrons. The van der Waals surface area contributed by atoms with Gasteiger partial charge in [0.05, 0.1) is 24.0 Å². The molecule has 0 saturated carbocycles. The summed E-state index contributed by atoms with van der Waals surface area (Å²) < 4.78 is 1.89. The van der Waals surface area contributed by atoms with Crippen LogP contribution < -0.4 is 5.73 Å². The van der Waals surface area contributed by atoms with E-state index >= 15 is 0 Å². The van der Waals surface area contributed by atoms with Gasteiger partial charge in [-0.3, -0.25) is 9.20 Å². The molecule has 2 heterocycles. The van der Waals surface area contributed by atoms with Crippen molar-refractivity contribution in [1.29, 1.82) is 0 Å². The van der Waals surface area contributed by atoms with Gasteiger partial charge in [0.25, 0.3) is 0 Å². The van der Waals surface area contributed by atoms with E-state index in [-0.39, 0.29) is 18.2 Å². The van der Waals surface area contributed by atoms with E-state index in [1.165, 1.54) is 0 Å². The standard InChI is InChI=1S/C12H15N3O/c1-8(2)12-14-7-9-4-3-5-10(15(9)12)11(16)6-13/h3-5,7-8H,6,13H2,1-2H3. The van der Waals surface area contributed by atoms with Crippen molar-refractivity contribution in [3.63, 3.8) is 0 Å². The van der Waals surface area contributed by atoms with Crippen LogP contribution in [0, 0.1) is 0 Å². The third-order valence-electron chi connectivity index (χ3n) is 2.57. The quantitative estimate of drug-likeness (QED) is 0.794. The number of nitrogens with zero attached hydrogens (tertiary/aromatic N) is 2. The van der Waals surface area contributed by atoms with Crippen molar-refractivity contribution in [3.05, 3.63) is 35.9 Å². The molecule has 4 nitrogen and oxygen atoms in total. The van der Waals surface area contributed by atoms with E-state index in [9.17, 15) is 4.79 Å². The number of pyridine rings is 1. The molecule has 4 heteroatoms. The molecule has 2 aromatic rings. The molecule has 0 aromatic carbocycles. The average Bonchev–Trinajstić information content (AvgIpc) is 2.71. The first-order valence-electron chi connectivity index (χ1n) is 5.34. The Morgan fingerprint density at radius 2 is 2.25 bits per heavy atom. The molecular weight excluding hydrogens is 202 g/mol. The zero-order chi connectivity index (χ0) is 11.7. The largest absolute Gasteiger partial charge is 0.324 e. The smallest absolute Gasteiger partial charge is 0.193 e. The van der Waals surface area contributed by atoms with Crippen LogP contribution in [-0.4, -0.2) is 21.7 Å². The number of aromatic nitrogens is 2. The monoisotopic (exact) mass is 217 g/mol. The van der Waals surface area contributed by atoms with Crippen molar-refractivity contribution < 1.29 is 4.79 Å². The molecule has 0 aliphatic heterocycles. The molecular formula is C12H15N3O. The molecule has 0 unspecified atom stereocenters. The molecule has 0 atom stereocenters. The van der Waals surface area contributed by atoms with Crippen molar-refractivity contribution >= 4 is 11.3 Å². The lowest BCUT2D eigenvalue weighted by Gasteiger charge is -2.08. The van der Waals surface area contributed by atoms with Crippen LogP contribution in [-0.2, 0) is 0 Å². The molecule has 0 aliphatic carbocycles. The molecule has 0 spiro atoms. The summed E-state index contributed by atoms with van der Waals surface area (Å²) in [5.74, 6) is 1.10. The topological polar surface area (TPSA) is 60.4 Å². The van der Waals surface area contributed by atoms with Gasteiger partial charge in [-0.25, -0.2) is 4.98 Å². The van der Waals surface area contributed by atoms with E-state index in [4.69, 9.17) is 5.73 Å². The maximum Gasteiger partial charge on any atom is 0.193 e. The van der Waals surface area contributed by atoms with Gasteiger partial charge in [0.15, 0.2) is 5.78 Å². The first kappa shape index (κ1) is 10.8. The van der Waals surface area contributed by atoms with E-state index < -0.39 is 0 Å². The summed E-state index contributed by atoms with van der Waals surface area (Å²) in [5.41, 5.74) is 6.95. The van der Waals surface area contributed by atoms with Gasteiger partial charge < -0.3 is 5.73 Å². The van der Waals surface area contributed by atoms with Gasteiger partial charge in [0, 0.05) is 5.92 Å². The number of hydrogen-bond acceptors (Lipinski definition) is 3. The predicted molar refractivity (Wildman–Crippen MR) is 62.7 cm³/mol. The second kappa shape index (κ2) is 4.06. The van der Waals surface area contributed by atoms with E-state index in [0.717, 1.165) is 11.3 Å². The normalized spacial score (nSPS) is 11.2. The molecule has 16 heavy (non-hydrogen) atoms. The fourth-order valence-corrected chi connectivity index (χ4v) is 1.80. The highest BCUT2D eigenvalue weighted by molar-refractivity contribution is 5.96. The fraction of sp³-hybridized carbons (Fsp3) is 0.333. The SMILES string of the molecule is CC(C)c1ncc2cccc(C(=O)CN)n12. The zero-order valence-corrected chi connectivity index (χ0v) is 9.47. The van der Waals surface area contributed by atoms with Crippen LogP contribution in [0.4, 0.5) is 0 Å². The highest BCUT2D eigenvalue weighted by Gasteiger charge is 2.14. The first-order valence-corrected chi connectivity index (χ1v) is 5.34. The molecule has 0 fully saturated rings. The number of carbonyl (C=O) groups excluding carboxylic acids is 1. The van der Waals surface area contributed by atoms with E-state index in [2.05, 4.69) is 18.8 Å². The van der Waals surface area contributed by atoms with Gasteiger partial charge >= 0.3 is 0 Å². The third-order valence-corrected chi connectivity index (χ3v) is 2.57. The molecule has 0 bridgehead atoms. The Kier molecular flexibility index (Phi) is 2.75. The van der Waals surface area contributed by atoms with E-state index in [1.54, 1.807) is 12.3 Å². The molecule has 0 radical (unpaired) electrons. The van der Waals surface area contributed by atoms with Gasteiger partial charge in [-0.1, -0.05) is 19.9 Å². The highest BCUT2D eigenvalue weighted by atomic mass is 16.1. The highest BCUT2D eigenvalue weighted by Crippen LogP contribution is 2.18. The maximum atomic E-state index is 11.7. The van der Waals surface area contributed by atoms with Crippen molar-refractivity contribution in [2.75, 3.05) is 6.54 Å². The average molecular weight is 217 g/mol. The number of fused-ring (bicyclic) bond motifs is 1. The Bertz CT molecular complexity index is 528. The second-order valence-corrected chi connectivity index (χ2v) is 4.07. The van der Waals surface area contributed by atoms with Gasteiger partial charge in [0.2, 0.25) is 0 Å². The molecule has 2 rings (SSSR count). The number of imidazole rings is 1. The van der Waals surface area contributed by atoms with Crippen LogP contribution in [0.5, 0.6) is 0 Å². The van der Waals surface area contributed by atoms with Crippen molar-refractivity contribution in [1.82, 2.24) is 9.38 Å². The Balaban J connectivity index is 2.73. The van der Waals surface area contributed by atoms with Crippen molar-refractivity contribution in [2.45, 2.75) is 19.8 Å². The minimum Gasteiger partial charge on any atom is -0.324 e. The van der Waals surface area contributed by atoms with Crippen LogP contribution in [0.3, 0.4) is 0 Å². The molecule has 2 aromatic heterocycles. The fourth-order valence-electron chi connectivity index (χ4n) is 1.80. The number of Topliss-reactive ketones (excluding diaryl/α,β-unsaturated/α-hetero) is 1. The van der Waals surface area contributed by atoms with Crippen molar-refractivity contribution in [3.8, 4) is 0 Å². The molecule has 0 saturated heterocycles. The van der Waals surface area contributed by atoms with Gasteiger partial charge in [-0.15, -0.1) is 0 Å². The van der Waals surface area contributed by atoms with Crippen LogP contribution in [0.2, 0.25) is 0 Å². The van der Waals surface area contributed by atoms with Gasteiger partial charge in [-0.2, -0.15) is 0 Å². The summed E-state index contributed by atoms with van der Waals surface area (Å²) in [4.78, 5) is 16.1.